The van der Waals surface area contributed by atoms with Crippen molar-refractivity contribution < 1.29 is 32.9 Å². The van der Waals surface area contributed by atoms with Crippen LogP contribution in [0.1, 0.15) is 52.7 Å². The molecule has 1 unspecified atom stereocenters. The molecule has 2 heterocycles. The van der Waals surface area contributed by atoms with E-state index in [4.69, 9.17) is 4.74 Å². The zero-order chi connectivity index (χ0) is 26.8. The number of aryl methyl sites for hydroxylation is 1. The molecule has 2 aromatic rings. The smallest absolute Gasteiger partial charge is 0.416 e. The molecule has 37 heavy (non-hydrogen) atoms. The number of amides is 1. The third kappa shape index (κ3) is 6.40. The third-order valence-corrected chi connectivity index (χ3v) is 7.31. The molecule has 0 spiro atoms. The van der Waals surface area contributed by atoms with Gasteiger partial charge in [-0.3, -0.25) is 15.0 Å². The predicted molar refractivity (Wildman–Crippen MR) is 130 cm³/mol. The van der Waals surface area contributed by atoms with E-state index < -0.39 is 29.5 Å². The molecule has 11 heteroatoms. The van der Waals surface area contributed by atoms with Gasteiger partial charge < -0.3 is 20.3 Å². The number of hydrogen-bond donors (Lipinski definition) is 4. The molecular formula is C26H33F3N4O4. The summed E-state index contributed by atoms with van der Waals surface area (Å²) in [6, 6.07) is 6.47. The number of aliphatic hydroxyl groups is 2. The van der Waals surface area contributed by atoms with Gasteiger partial charge in [0.25, 0.3) is 5.91 Å². The van der Waals surface area contributed by atoms with Crippen molar-refractivity contribution in [1.82, 2.24) is 20.5 Å². The average molecular weight is 523 g/mol. The lowest BCUT2D eigenvalue weighted by Crippen LogP contribution is -2.64. The minimum atomic E-state index is -4.53. The minimum Gasteiger partial charge on any atom is -0.481 e. The normalized spacial score (nSPS) is 23.8. The Balaban J connectivity index is 1.18. The number of carbonyl (C=O) groups is 1. The van der Waals surface area contributed by atoms with Gasteiger partial charge in [-0.1, -0.05) is 6.07 Å². The largest absolute Gasteiger partial charge is 0.481 e. The molecule has 8 nitrogen and oxygen atoms in total. The summed E-state index contributed by atoms with van der Waals surface area (Å²) in [6.45, 7) is 3.23. The third-order valence-electron chi connectivity index (χ3n) is 7.31. The van der Waals surface area contributed by atoms with Crippen molar-refractivity contribution >= 4 is 5.91 Å². The Morgan fingerprint density at radius 2 is 1.97 bits per heavy atom. The number of aromatic nitrogens is 1. The summed E-state index contributed by atoms with van der Waals surface area (Å²) in [5.41, 5.74) is -0.226. The Kier molecular flexibility index (Phi) is 8.08. The summed E-state index contributed by atoms with van der Waals surface area (Å²) in [5, 5.41) is 26.9. The minimum absolute atomic E-state index is 0.0368. The maximum atomic E-state index is 12.9. The van der Waals surface area contributed by atoms with E-state index in [-0.39, 0.29) is 18.2 Å². The number of nitrogens with one attached hydrogen (secondary N) is 2. The van der Waals surface area contributed by atoms with Gasteiger partial charge in [0, 0.05) is 48.1 Å². The zero-order valence-electron chi connectivity index (χ0n) is 20.9. The van der Waals surface area contributed by atoms with Gasteiger partial charge >= 0.3 is 6.18 Å². The lowest BCUT2D eigenvalue weighted by atomic mass is 9.77. The van der Waals surface area contributed by atoms with Gasteiger partial charge in [0.1, 0.15) is 6.23 Å². The number of carbonyl (C=O) groups excluding carboxylic acids is 1. The van der Waals surface area contributed by atoms with E-state index in [2.05, 4.69) is 20.5 Å². The fourth-order valence-corrected chi connectivity index (χ4v) is 5.14. The lowest BCUT2D eigenvalue weighted by Gasteiger charge is -2.48. The molecule has 1 saturated carbocycles. The van der Waals surface area contributed by atoms with E-state index >= 15 is 0 Å². The van der Waals surface area contributed by atoms with Crippen LogP contribution in [0.5, 0.6) is 5.88 Å². The van der Waals surface area contributed by atoms with E-state index in [1.165, 1.54) is 12.1 Å². The van der Waals surface area contributed by atoms with E-state index in [9.17, 15) is 28.2 Å². The number of halogens is 3. The van der Waals surface area contributed by atoms with Gasteiger partial charge in [-0.15, -0.1) is 0 Å². The molecule has 4 rings (SSSR count). The van der Waals surface area contributed by atoms with Crippen LogP contribution in [0.25, 0.3) is 0 Å². The highest BCUT2D eigenvalue weighted by Gasteiger charge is 2.40. The number of pyridine rings is 1. The molecule has 1 amide bonds. The summed E-state index contributed by atoms with van der Waals surface area (Å²) >= 11 is 0. The lowest BCUT2D eigenvalue weighted by molar-refractivity contribution is -0.137. The van der Waals surface area contributed by atoms with Crippen molar-refractivity contribution in [2.75, 3.05) is 26.7 Å². The molecule has 2 aliphatic rings. The monoisotopic (exact) mass is 522 g/mol. The number of aliphatic hydroxyl groups excluding tert-OH is 1. The first-order chi connectivity index (χ1) is 17.5. The Hall–Kier alpha value is -2.73. The van der Waals surface area contributed by atoms with Gasteiger partial charge in [-0.2, -0.15) is 13.2 Å². The SMILES string of the molecule is COc1ncc(C2(O)CCC(N3CC(NC(O)CNC(=O)c4cccc(C(F)(F)F)c4)C3)CC2)cc1C. The van der Waals surface area contributed by atoms with Crippen LogP contribution in [-0.2, 0) is 11.8 Å². The van der Waals surface area contributed by atoms with Gasteiger partial charge in [0.2, 0.25) is 5.88 Å². The molecule has 202 valence electrons. The molecule has 2 fully saturated rings. The fourth-order valence-electron chi connectivity index (χ4n) is 5.14. The summed E-state index contributed by atoms with van der Waals surface area (Å²) in [7, 11) is 1.57. The summed E-state index contributed by atoms with van der Waals surface area (Å²) in [4.78, 5) is 18.8. The Morgan fingerprint density at radius 3 is 2.59 bits per heavy atom. The fraction of sp³-hybridized carbons (Fsp3) is 0.538. The number of benzene rings is 1. The molecule has 1 aromatic heterocycles. The number of rotatable bonds is 8. The van der Waals surface area contributed by atoms with Crippen LogP contribution < -0.4 is 15.4 Å². The second-order valence-electron chi connectivity index (χ2n) is 9.93. The van der Waals surface area contributed by atoms with Crippen molar-refractivity contribution in [3.05, 3.63) is 58.8 Å². The van der Waals surface area contributed by atoms with Gasteiger partial charge in [0.15, 0.2) is 0 Å². The van der Waals surface area contributed by atoms with E-state index in [0.29, 0.717) is 24.8 Å². The zero-order valence-corrected chi connectivity index (χ0v) is 20.9. The predicted octanol–water partition coefficient (Wildman–Crippen LogP) is 2.57. The molecule has 1 aliphatic heterocycles. The van der Waals surface area contributed by atoms with Crippen LogP contribution in [0.4, 0.5) is 13.2 Å². The highest BCUT2D eigenvalue weighted by Crippen LogP contribution is 2.40. The summed E-state index contributed by atoms with van der Waals surface area (Å²) in [5.74, 6) is -0.128. The van der Waals surface area contributed by atoms with Crippen LogP contribution in [0.2, 0.25) is 0 Å². The van der Waals surface area contributed by atoms with E-state index in [0.717, 1.165) is 49.2 Å². The first kappa shape index (κ1) is 27.3. The molecule has 4 N–H and O–H groups in total. The number of ether oxygens (including phenoxy) is 1. The summed E-state index contributed by atoms with van der Waals surface area (Å²) < 4.78 is 43.8. The van der Waals surface area contributed by atoms with Gasteiger partial charge in [0.05, 0.1) is 24.8 Å². The Morgan fingerprint density at radius 1 is 1.27 bits per heavy atom. The van der Waals surface area contributed by atoms with E-state index in [1.54, 1.807) is 13.3 Å². The standard InChI is InChI=1S/C26H33F3N4O4/c1-16-10-19(12-31-24(16)37-2)25(36)8-6-21(7-9-25)33-14-20(15-33)32-22(34)13-30-23(35)17-4-3-5-18(11-17)26(27,28)29/h3-5,10-12,20-22,32,34,36H,6-9,13-15H2,1-2H3,(H,30,35). The van der Waals surface area contributed by atoms with Crippen molar-refractivity contribution in [3.63, 3.8) is 0 Å². The summed E-state index contributed by atoms with van der Waals surface area (Å²) in [6.07, 6.45) is -0.940. The number of alkyl halides is 3. The van der Waals surface area contributed by atoms with Gasteiger partial charge in [-0.25, -0.2) is 4.98 Å². The Bertz CT molecular complexity index is 1100. The second-order valence-corrected chi connectivity index (χ2v) is 9.93. The highest BCUT2D eigenvalue weighted by molar-refractivity contribution is 5.94. The molecule has 0 radical (unpaired) electrons. The van der Waals surface area contributed by atoms with E-state index in [1.807, 2.05) is 13.0 Å². The first-order valence-electron chi connectivity index (χ1n) is 12.4. The Labute approximate surface area is 213 Å². The van der Waals surface area contributed by atoms with Crippen molar-refractivity contribution in [1.29, 1.82) is 0 Å². The number of nitrogens with zero attached hydrogens (tertiary/aromatic N) is 2. The molecule has 1 aliphatic carbocycles. The average Bonchev–Trinajstić information content (AvgIpc) is 2.84. The van der Waals surface area contributed by atoms with Crippen molar-refractivity contribution in [3.8, 4) is 5.88 Å². The second kappa shape index (κ2) is 10.9. The van der Waals surface area contributed by atoms with Crippen LogP contribution in [-0.4, -0.2) is 71.1 Å². The molecule has 1 atom stereocenters. The first-order valence-corrected chi connectivity index (χ1v) is 12.4. The van der Waals surface area contributed by atoms with Crippen LogP contribution in [0.3, 0.4) is 0 Å². The number of methoxy groups -OCH3 is 1. The van der Waals surface area contributed by atoms with Crippen molar-refractivity contribution in [2.24, 2.45) is 0 Å². The molecule has 1 saturated heterocycles. The maximum Gasteiger partial charge on any atom is 0.416 e. The molecule has 0 bridgehead atoms. The molecule has 1 aromatic carbocycles. The molecular weight excluding hydrogens is 489 g/mol. The van der Waals surface area contributed by atoms with Gasteiger partial charge in [-0.05, 0) is 56.9 Å². The topological polar surface area (TPSA) is 107 Å². The maximum absolute atomic E-state index is 12.9. The van der Waals surface area contributed by atoms with Crippen LogP contribution in [0.15, 0.2) is 36.5 Å². The van der Waals surface area contributed by atoms with Crippen LogP contribution in [0, 0.1) is 6.92 Å². The van der Waals surface area contributed by atoms with Crippen molar-refractivity contribution in [2.45, 2.75) is 62.7 Å². The van der Waals surface area contributed by atoms with Crippen LogP contribution >= 0.6 is 0 Å². The number of hydrogen-bond acceptors (Lipinski definition) is 7. The highest BCUT2D eigenvalue weighted by atomic mass is 19.4. The quantitative estimate of drug-likeness (QED) is 0.395. The number of likely N-dealkylation sites (tertiary alicyclic amines) is 1.